The molecule has 5 heteroatoms. The SMILES string of the molecule is CCCCNC(=O)N(CCO)Cc1cccnc1. The molecule has 2 N–H and O–H groups in total. The average molecular weight is 251 g/mol. The molecule has 100 valence electrons. The molecule has 0 radical (unpaired) electrons. The molecule has 5 nitrogen and oxygen atoms in total. The zero-order chi connectivity index (χ0) is 13.2. The Balaban J connectivity index is 2.50. The molecule has 0 unspecified atom stereocenters. The van der Waals surface area contributed by atoms with Crippen molar-refractivity contribution in [3.05, 3.63) is 30.1 Å². The fourth-order valence-electron chi connectivity index (χ4n) is 1.57. The number of carbonyl (C=O) groups excluding carboxylic acids is 1. The first-order chi connectivity index (χ1) is 8.77. The largest absolute Gasteiger partial charge is 0.395 e. The second-order valence-corrected chi connectivity index (χ2v) is 4.09. The number of unbranched alkanes of at least 4 members (excludes halogenated alkanes) is 1. The maximum atomic E-state index is 11.9. The Morgan fingerprint density at radius 3 is 3.00 bits per heavy atom. The van der Waals surface area contributed by atoms with Gasteiger partial charge in [0.1, 0.15) is 0 Å². The third-order valence-corrected chi connectivity index (χ3v) is 2.56. The van der Waals surface area contributed by atoms with E-state index in [9.17, 15) is 4.79 Å². The second kappa shape index (κ2) is 8.47. The van der Waals surface area contributed by atoms with Crippen LogP contribution in [0.4, 0.5) is 4.79 Å². The minimum Gasteiger partial charge on any atom is -0.395 e. The molecule has 1 rings (SSSR count). The predicted molar refractivity (Wildman–Crippen MR) is 70.0 cm³/mol. The van der Waals surface area contributed by atoms with E-state index in [4.69, 9.17) is 5.11 Å². The number of pyridine rings is 1. The monoisotopic (exact) mass is 251 g/mol. The Morgan fingerprint density at radius 1 is 1.56 bits per heavy atom. The first kappa shape index (κ1) is 14.4. The maximum Gasteiger partial charge on any atom is 0.317 e. The minimum absolute atomic E-state index is 0.0402. The van der Waals surface area contributed by atoms with Gasteiger partial charge < -0.3 is 15.3 Å². The van der Waals surface area contributed by atoms with Crippen LogP contribution >= 0.6 is 0 Å². The summed E-state index contributed by atoms with van der Waals surface area (Å²) in [7, 11) is 0. The van der Waals surface area contributed by atoms with Gasteiger partial charge in [0.05, 0.1) is 6.61 Å². The lowest BCUT2D eigenvalue weighted by molar-refractivity contribution is 0.174. The molecule has 0 saturated carbocycles. The number of nitrogens with one attached hydrogen (secondary N) is 1. The van der Waals surface area contributed by atoms with Crippen LogP contribution in [-0.4, -0.2) is 40.7 Å². The predicted octanol–water partition coefficient (Wildman–Crippen LogP) is 1.39. The molecular formula is C13H21N3O2. The molecule has 0 bridgehead atoms. The maximum absolute atomic E-state index is 11.9. The van der Waals surface area contributed by atoms with Gasteiger partial charge in [-0.25, -0.2) is 4.79 Å². The third kappa shape index (κ3) is 5.14. The highest BCUT2D eigenvalue weighted by atomic mass is 16.3. The number of carbonyl (C=O) groups is 1. The molecule has 0 fully saturated rings. The molecule has 0 aliphatic carbocycles. The highest BCUT2D eigenvalue weighted by molar-refractivity contribution is 5.74. The van der Waals surface area contributed by atoms with E-state index in [0.717, 1.165) is 18.4 Å². The highest BCUT2D eigenvalue weighted by Crippen LogP contribution is 2.03. The van der Waals surface area contributed by atoms with Crippen molar-refractivity contribution in [1.29, 1.82) is 0 Å². The molecule has 18 heavy (non-hydrogen) atoms. The summed E-state index contributed by atoms with van der Waals surface area (Å²) in [5, 5.41) is 11.8. The van der Waals surface area contributed by atoms with Gasteiger partial charge in [-0.05, 0) is 18.1 Å². The molecule has 1 heterocycles. The topological polar surface area (TPSA) is 65.5 Å². The van der Waals surface area contributed by atoms with Crippen molar-refractivity contribution >= 4 is 6.03 Å². The molecule has 0 aliphatic heterocycles. The van der Waals surface area contributed by atoms with E-state index in [0.29, 0.717) is 19.6 Å². The number of hydrogen-bond acceptors (Lipinski definition) is 3. The summed E-state index contributed by atoms with van der Waals surface area (Å²) in [6.07, 6.45) is 5.43. The summed E-state index contributed by atoms with van der Waals surface area (Å²) < 4.78 is 0. The van der Waals surface area contributed by atoms with Gasteiger partial charge in [-0.1, -0.05) is 19.4 Å². The Kier molecular flexibility index (Phi) is 6.79. The fraction of sp³-hybridized carbons (Fsp3) is 0.538. The normalized spacial score (nSPS) is 10.1. The van der Waals surface area contributed by atoms with Crippen LogP contribution in [0, 0.1) is 0 Å². The number of aromatic nitrogens is 1. The lowest BCUT2D eigenvalue weighted by atomic mass is 10.2. The first-order valence-electron chi connectivity index (χ1n) is 6.30. The second-order valence-electron chi connectivity index (χ2n) is 4.09. The number of aliphatic hydroxyl groups excluding tert-OH is 1. The van der Waals surface area contributed by atoms with Crippen molar-refractivity contribution in [3.8, 4) is 0 Å². The van der Waals surface area contributed by atoms with Crippen LogP contribution in [0.2, 0.25) is 0 Å². The number of hydrogen-bond donors (Lipinski definition) is 2. The molecule has 0 atom stereocenters. The van der Waals surface area contributed by atoms with Gasteiger partial charge in [-0.2, -0.15) is 0 Å². The standard InChI is InChI=1S/C13H21N3O2/c1-2-3-7-15-13(18)16(8-9-17)11-12-5-4-6-14-10-12/h4-6,10,17H,2-3,7-9,11H2,1H3,(H,15,18). The van der Waals surface area contributed by atoms with Gasteiger partial charge in [-0.3, -0.25) is 4.98 Å². The van der Waals surface area contributed by atoms with E-state index in [-0.39, 0.29) is 12.6 Å². The third-order valence-electron chi connectivity index (χ3n) is 2.56. The smallest absolute Gasteiger partial charge is 0.317 e. The van der Waals surface area contributed by atoms with E-state index in [1.165, 1.54) is 0 Å². The molecule has 1 aromatic rings. The van der Waals surface area contributed by atoms with E-state index in [1.54, 1.807) is 17.3 Å². The van der Waals surface area contributed by atoms with Gasteiger partial charge >= 0.3 is 6.03 Å². The summed E-state index contributed by atoms with van der Waals surface area (Å²) in [6.45, 7) is 3.50. The van der Waals surface area contributed by atoms with Crippen LogP contribution in [0.1, 0.15) is 25.3 Å². The Hall–Kier alpha value is -1.62. The lowest BCUT2D eigenvalue weighted by Crippen LogP contribution is -2.41. The van der Waals surface area contributed by atoms with Gasteiger partial charge in [-0.15, -0.1) is 0 Å². The summed E-state index contributed by atoms with van der Waals surface area (Å²) in [4.78, 5) is 17.5. The van der Waals surface area contributed by atoms with Gasteiger partial charge in [0.25, 0.3) is 0 Å². The van der Waals surface area contributed by atoms with Gasteiger partial charge in [0.15, 0.2) is 0 Å². The minimum atomic E-state index is -0.138. The molecule has 2 amide bonds. The quantitative estimate of drug-likeness (QED) is 0.720. The number of rotatable bonds is 7. The number of aliphatic hydroxyl groups is 1. The number of urea groups is 1. The van der Waals surface area contributed by atoms with Crippen molar-refractivity contribution in [2.24, 2.45) is 0 Å². The van der Waals surface area contributed by atoms with Crippen LogP contribution in [-0.2, 0) is 6.54 Å². The van der Waals surface area contributed by atoms with E-state index < -0.39 is 0 Å². The molecule has 0 aliphatic rings. The summed E-state index contributed by atoms with van der Waals surface area (Å²) in [5.74, 6) is 0. The average Bonchev–Trinajstić information content (AvgIpc) is 2.39. The van der Waals surface area contributed by atoms with Crippen LogP contribution < -0.4 is 5.32 Å². The Bertz CT molecular complexity index is 343. The molecule has 0 aromatic carbocycles. The summed E-state index contributed by atoms with van der Waals surface area (Å²) >= 11 is 0. The lowest BCUT2D eigenvalue weighted by Gasteiger charge is -2.22. The van der Waals surface area contributed by atoms with Crippen molar-refractivity contribution in [2.45, 2.75) is 26.3 Å². The molecule has 0 spiro atoms. The van der Waals surface area contributed by atoms with Crippen molar-refractivity contribution in [3.63, 3.8) is 0 Å². The van der Waals surface area contributed by atoms with Gasteiger partial charge in [0.2, 0.25) is 0 Å². The molecule has 0 saturated heterocycles. The summed E-state index contributed by atoms with van der Waals surface area (Å²) in [5.41, 5.74) is 0.955. The number of nitrogens with zero attached hydrogens (tertiary/aromatic N) is 2. The Morgan fingerprint density at radius 2 is 2.39 bits per heavy atom. The zero-order valence-corrected chi connectivity index (χ0v) is 10.8. The molecule has 1 aromatic heterocycles. The molecular weight excluding hydrogens is 230 g/mol. The van der Waals surface area contributed by atoms with Crippen LogP contribution in [0.3, 0.4) is 0 Å². The van der Waals surface area contributed by atoms with E-state index in [1.807, 2.05) is 12.1 Å². The van der Waals surface area contributed by atoms with E-state index in [2.05, 4.69) is 17.2 Å². The van der Waals surface area contributed by atoms with Gasteiger partial charge in [0, 0.05) is 32.0 Å². The fourth-order valence-corrected chi connectivity index (χ4v) is 1.57. The van der Waals surface area contributed by atoms with Crippen molar-refractivity contribution in [2.75, 3.05) is 19.7 Å². The zero-order valence-electron chi connectivity index (χ0n) is 10.8. The summed E-state index contributed by atoms with van der Waals surface area (Å²) in [6, 6.07) is 3.61. The van der Waals surface area contributed by atoms with Crippen LogP contribution in [0.15, 0.2) is 24.5 Å². The highest BCUT2D eigenvalue weighted by Gasteiger charge is 2.12. The van der Waals surface area contributed by atoms with Crippen LogP contribution in [0.5, 0.6) is 0 Å². The van der Waals surface area contributed by atoms with E-state index >= 15 is 0 Å². The van der Waals surface area contributed by atoms with Crippen LogP contribution in [0.25, 0.3) is 0 Å². The van der Waals surface area contributed by atoms with Crippen molar-refractivity contribution < 1.29 is 9.90 Å². The first-order valence-corrected chi connectivity index (χ1v) is 6.30. The van der Waals surface area contributed by atoms with Crippen molar-refractivity contribution in [1.82, 2.24) is 15.2 Å². The number of amides is 2. The Labute approximate surface area is 108 Å².